The summed E-state index contributed by atoms with van der Waals surface area (Å²) in [6, 6.07) is 8.98. The molecule has 2 aromatic rings. The maximum Gasteiger partial charge on any atom is 0.287 e. The van der Waals surface area contributed by atoms with Crippen molar-refractivity contribution in [1.29, 1.82) is 0 Å². The molecule has 6 nitrogen and oxygen atoms in total. The highest BCUT2D eigenvalue weighted by Crippen LogP contribution is 2.42. The van der Waals surface area contributed by atoms with Gasteiger partial charge in [-0.05, 0) is 43.7 Å². The lowest BCUT2D eigenvalue weighted by Crippen LogP contribution is -2.30. The van der Waals surface area contributed by atoms with Crippen LogP contribution in [-0.2, 0) is 10.0 Å². The first-order chi connectivity index (χ1) is 11.3. The number of primary sulfonamides is 1. The van der Waals surface area contributed by atoms with Gasteiger partial charge in [0.25, 0.3) is 5.91 Å². The summed E-state index contributed by atoms with van der Waals surface area (Å²) >= 11 is 0. The smallest absolute Gasteiger partial charge is 0.287 e. The van der Waals surface area contributed by atoms with E-state index in [1.54, 1.807) is 0 Å². The van der Waals surface area contributed by atoms with Crippen molar-refractivity contribution in [1.82, 2.24) is 5.32 Å². The topological polar surface area (TPSA) is 102 Å². The number of nitrogens with one attached hydrogen (secondary N) is 1. The fourth-order valence-corrected chi connectivity index (χ4v) is 3.60. The first-order valence-corrected chi connectivity index (χ1v) is 9.31. The predicted molar refractivity (Wildman–Crippen MR) is 88.9 cm³/mol. The van der Waals surface area contributed by atoms with Crippen LogP contribution in [0.3, 0.4) is 0 Å². The number of sulfonamides is 1. The van der Waals surface area contributed by atoms with Gasteiger partial charge in [0.2, 0.25) is 10.0 Å². The number of aryl methyl sites for hydroxylation is 2. The summed E-state index contributed by atoms with van der Waals surface area (Å²) in [6.45, 7) is 3.48. The first kappa shape index (κ1) is 16.7. The molecule has 0 unspecified atom stereocenters. The molecule has 1 heterocycles. The summed E-state index contributed by atoms with van der Waals surface area (Å²) in [5.41, 5.74) is 2.18. The standard InChI is InChI=1S/C17H20N2O4S/c1-10-5-3-4-6-13(10)16(12-7-8-12)19-17(20)14-9-15(11(2)23-14)24(18,21)22/h3-6,9,12,16H,7-8H2,1-2H3,(H,19,20)(H2,18,21,22)/t16-/m0/s1. The van der Waals surface area contributed by atoms with Crippen molar-refractivity contribution in [2.75, 3.05) is 0 Å². The van der Waals surface area contributed by atoms with Crippen LogP contribution in [0.15, 0.2) is 39.6 Å². The van der Waals surface area contributed by atoms with E-state index in [2.05, 4.69) is 5.32 Å². The molecule has 128 valence electrons. The van der Waals surface area contributed by atoms with Crippen molar-refractivity contribution < 1.29 is 17.6 Å². The van der Waals surface area contributed by atoms with Crippen molar-refractivity contribution in [2.24, 2.45) is 11.1 Å². The summed E-state index contributed by atoms with van der Waals surface area (Å²) in [4.78, 5) is 12.4. The molecular formula is C17H20N2O4S. The second-order valence-electron chi connectivity index (χ2n) is 6.22. The highest BCUT2D eigenvalue weighted by atomic mass is 32.2. The molecule has 0 bridgehead atoms. The number of furan rings is 1. The molecule has 3 N–H and O–H groups in total. The minimum absolute atomic E-state index is 0.0456. The van der Waals surface area contributed by atoms with Crippen LogP contribution in [0.5, 0.6) is 0 Å². The van der Waals surface area contributed by atoms with E-state index in [-0.39, 0.29) is 22.5 Å². The number of carbonyl (C=O) groups excluding carboxylic acids is 1. The van der Waals surface area contributed by atoms with Crippen LogP contribution in [0.25, 0.3) is 0 Å². The molecule has 0 saturated heterocycles. The zero-order valence-electron chi connectivity index (χ0n) is 13.6. The Morgan fingerprint density at radius 1 is 1.29 bits per heavy atom. The summed E-state index contributed by atoms with van der Waals surface area (Å²) in [6.07, 6.45) is 2.11. The van der Waals surface area contributed by atoms with Gasteiger partial charge >= 0.3 is 0 Å². The van der Waals surface area contributed by atoms with E-state index in [0.29, 0.717) is 5.92 Å². The van der Waals surface area contributed by atoms with Crippen LogP contribution in [0.1, 0.15) is 46.3 Å². The largest absolute Gasteiger partial charge is 0.455 e. The Kier molecular flexibility index (Phi) is 4.23. The van der Waals surface area contributed by atoms with Crippen molar-refractivity contribution in [2.45, 2.75) is 37.6 Å². The number of hydrogen-bond acceptors (Lipinski definition) is 4. The summed E-state index contributed by atoms with van der Waals surface area (Å²) in [7, 11) is -3.91. The molecule has 1 amide bonds. The van der Waals surface area contributed by atoms with Crippen LogP contribution in [0.4, 0.5) is 0 Å². The molecule has 0 radical (unpaired) electrons. The van der Waals surface area contributed by atoms with Gasteiger partial charge in [0.1, 0.15) is 10.7 Å². The highest BCUT2D eigenvalue weighted by Gasteiger charge is 2.35. The highest BCUT2D eigenvalue weighted by molar-refractivity contribution is 7.89. The zero-order valence-corrected chi connectivity index (χ0v) is 14.4. The third-order valence-electron chi connectivity index (χ3n) is 4.31. The van der Waals surface area contributed by atoms with Crippen LogP contribution in [-0.4, -0.2) is 14.3 Å². The number of hydrogen-bond donors (Lipinski definition) is 2. The third-order valence-corrected chi connectivity index (χ3v) is 5.32. The lowest BCUT2D eigenvalue weighted by Gasteiger charge is -2.20. The van der Waals surface area contributed by atoms with Gasteiger partial charge in [0.05, 0.1) is 6.04 Å². The molecule has 1 aromatic carbocycles. The van der Waals surface area contributed by atoms with E-state index < -0.39 is 15.9 Å². The maximum atomic E-state index is 12.5. The molecule has 3 rings (SSSR count). The van der Waals surface area contributed by atoms with E-state index in [1.807, 2.05) is 31.2 Å². The molecule has 0 spiro atoms. The van der Waals surface area contributed by atoms with Crippen LogP contribution >= 0.6 is 0 Å². The fourth-order valence-electron chi connectivity index (χ4n) is 2.89. The molecule has 1 saturated carbocycles. The summed E-state index contributed by atoms with van der Waals surface area (Å²) < 4.78 is 28.3. The monoisotopic (exact) mass is 348 g/mol. The molecule has 24 heavy (non-hydrogen) atoms. The Labute approximate surface area is 141 Å². The lowest BCUT2D eigenvalue weighted by molar-refractivity contribution is 0.0902. The average molecular weight is 348 g/mol. The van der Waals surface area contributed by atoms with E-state index >= 15 is 0 Å². The summed E-state index contributed by atoms with van der Waals surface area (Å²) in [5.74, 6) is 0.0225. The minimum Gasteiger partial charge on any atom is -0.455 e. The molecule has 7 heteroatoms. The molecule has 1 aromatic heterocycles. The predicted octanol–water partition coefficient (Wildman–Crippen LogP) is 2.42. The normalized spacial score (nSPS) is 16.0. The Morgan fingerprint density at radius 2 is 1.96 bits per heavy atom. The minimum atomic E-state index is -3.91. The molecule has 0 aliphatic heterocycles. The Hall–Kier alpha value is -2.12. The molecule has 1 fully saturated rings. The van der Waals surface area contributed by atoms with Gasteiger partial charge in [-0.2, -0.15) is 0 Å². The first-order valence-electron chi connectivity index (χ1n) is 7.77. The van der Waals surface area contributed by atoms with E-state index in [1.165, 1.54) is 13.0 Å². The Bertz CT molecular complexity index is 882. The van der Waals surface area contributed by atoms with Gasteiger partial charge in [-0.1, -0.05) is 24.3 Å². The van der Waals surface area contributed by atoms with Gasteiger partial charge in [-0.25, -0.2) is 13.6 Å². The van der Waals surface area contributed by atoms with Crippen LogP contribution in [0.2, 0.25) is 0 Å². The van der Waals surface area contributed by atoms with E-state index in [0.717, 1.165) is 24.0 Å². The number of rotatable bonds is 5. The Morgan fingerprint density at radius 3 is 2.50 bits per heavy atom. The van der Waals surface area contributed by atoms with Gasteiger partial charge in [0.15, 0.2) is 5.76 Å². The molecule has 1 aliphatic carbocycles. The van der Waals surface area contributed by atoms with Gasteiger partial charge in [-0.15, -0.1) is 0 Å². The number of amides is 1. The lowest BCUT2D eigenvalue weighted by atomic mass is 9.97. The van der Waals surface area contributed by atoms with E-state index in [4.69, 9.17) is 9.56 Å². The quantitative estimate of drug-likeness (QED) is 0.866. The van der Waals surface area contributed by atoms with Crippen molar-refractivity contribution in [3.8, 4) is 0 Å². The van der Waals surface area contributed by atoms with Crippen LogP contribution in [0, 0.1) is 19.8 Å². The Balaban J connectivity index is 1.86. The molecule has 1 atom stereocenters. The molecular weight excluding hydrogens is 328 g/mol. The van der Waals surface area contributed by atoms with Crippen LogP contribution < -0.4 is 10.5 Å². The zero-order chi connectivity index (χ0) is 17.5. The number of nitrogens with two attached hydrogens (primary N) is 1. The van der Waals surface area contributed by atoms with Crippen molar-refractivity contribution >= 4 is 15.9 Å². The molecule has 1 aliphatic rings. The second kappa shape index (κ2) is 6.07. The third kappa shape index (κ3) is 3.37. The summed E-state index contributed by atoms with van der Waals surface area (Å²) in [5, 5.41) is 8.10. The fraction of sp³-hybridized carbons (Fsp3) is 0.353. The van der Waals surface area contributed by atoms with Gasteiger partial charge in [0, 0.05) is 6.07 Å². The van der Waals surface area contributed by atoms with E-state index in [9.17, 15) is 13.2 Å². The van der Waals surface area contributed by atoms with Gasteiger partial charge in [-0.3, -0.25) is 4.79 Å². The van der Waals surface area contributed by atoms with Gasteiger partial charge < -0.3 is 9.73 Å². The van der Waals surface area contributed by atoms with Crippen molar-refractivity contribution in [3.63, 3.8) is 0 Å². The number of carbonyl (C=O) groups is 1. The van der Waals surface area contributed by atoms with Crippen molar-refractivity contribution in [3.05, 3.63) is 53.0 Å². The average Bonchev–Trinajstić information content (AvgIpc) is 3.26. The number of benzene rings is 1. The maximum absolute atomic E-state index is 12.5. The SMILES string of the molecule is Cc1ccccc1[C@@H](NC(=O)c1cc(S(N)(=O)=O)c(C)o1)C1CC1. The second-order valence-corrected chi connectivity index (χ2v) is 7.75.